The highest BCUT2D eigenvalue weighted by molar-refractivity contribution is 8.00. The molecule has 100 valence electrons. The Morgan fingerprint density at radius 2 is 1.83 bits per heavy atom. The van der Waals surface area contributed by atoms with E-state index in [-0.39, 0.29) is 17.3 Å². The SMILES string of the molecule is CCC(=O)C(CC(OC)OC)Sc1ccccc1. The molecular weight excluding hydrogens is 248 g/mol. The van der Waals surface area contributed by atoms with E-state index in [1.165, 1.54) is 0 Å². The zero-order valence-corrected chi connectivity index (χ0v) is 11.9. The maximum absolute atomic E-state index is 12.0. The Hall–Kier alpha value is -0.840. The minimum Gasteiger partial charge on any atom is -0.356 e. The average Bonchev–Trinajstić information content (AvgIpc) is 2.43. The zero-order chi connectivity index (χ0) is 13.4. The van der Waals surface area contributed by atoms with Gasteiger partial charge in [-0.25, -0.2) is 0 Å². The van der Waals surface area contributed by atoms with Crippen molar-refractivity contribution in [2.24, 2.45) is 0 Å². The summed E-state index contributed by atoms with van der Waals surface area (Å²) in [6.45, 7) is 1.88. The summed E-state index contributed by atoms with van der Waals surface area (Å²) in [5.74, 6) is 0.225. The molecule has 0 bridgehead atoms. The molecule has 0 radical (unpaired) electrons. The van der Waals surface area contributed by atoms with Crippen molar-refractivity contribution < 1.29 is 14.3 Å². The van der Waals surface area contributed by atoms with Crippen LogP contribution in [0, 0.1) is 0 Å². The van der Waals surface area contributed by atoms with Gasteiger partial charge in [-0.2, -0.15) is 0 Å². The molecule has 0 aromatic heterocycles. The second-order valence-electron chi connectivity index (χ2n) is 3.88. The van der Waals surface area contributed by atoms with Crippen LogP contribution in [0.15, 0.2) is 35.2 Å². The van der Waals surface area contributed by atoms with Crippen molar-refractivity contribution in [2.75, 3.05) is 14.2 Å². The molecule has 0 heterocycles. The van der Waals surface area contributed by atoms with Crippen LogP contribution in [0.25, 0.3) is 0 Å². The van der Waals surface area contributed by atoms with E-state index in [1.54, 1.807) is 26.0 Å². The second-order valence-corrected chi connectivity index (χ2v) is 5.15. The molecule has 0 aliphatic heterocycles. The Labute approximate surface area is 113 Å². The Bertz CT molecular complexity index is 349. The first-order chi connectivity index (χ1) is 8.71. The predicted molar refractivity (Wildman–Crippen MR) is 73.8 cm³/mol. The van der Waals surface area contributed by atoms with Crippen LogP contribution in [-0.4, -0.2) is 31.5 Å². The summed E-state index contributed by atoms with van der Waals surface area (Å²) in [6.07, 6.45) is 0.769. The summed E-state index contributed by atoms with van der Waals surface area (Å²) in [5, 5.41) is -0.123. The third kappa shape index (κ3) is 4.80. The van der Waals surface area contributed by atoms with E-state index in [4.69, 9.17) is 9.47 Å². The van der Waals surface area contributed by atoms with Gasteiger partial charge in [0, 0.05) is 32.0 Å². The van der Waals surface area contributed by atoms with Gasteiger partial charge in [0.15, 0.2) is 6.29 Å². The van der Waals surface area contributed by atoms with Crippen molar-refractivity contribution in [3.8, 4) is 0 Å². The Morgan fingerprint density at radius 1 is 1.22 bits per heavy atom. The highest BCUT2D eigenvalue weighted by Crippen LogP contribution is 2.28. The van der Waals surface area contributed by atoms with Crippen LogP contribution in [-0.2, 0) is 14.3 Å². The van der Waals surface area contributed by atoms with Gasteiger partial charge in [0.05, 0.1) is 5.25 Å². The fourth-order valence-corrected chi connectivity index (χ4v) is 2.79. The van der Waals surface area contributed by atoms with Gasteiger partial charge in [-0.3, -0.25) is 4.79 Å². The van der Waals surface area contributed by atoms with Gasteiger partial charge in [-0.1, -0.05) is 25.1 Å². The van der Waals surface area contributed by atoms with Crippen LogP contribution in [0.3, 0.4) is 0 Å². The lowest BCUT2D eigenvalue weighted by atomic mass is 10.1. The lowest BCUT2D eigenvalue weighted by Gasteiger charge is -2.20. The van der Waals surface area contributed by atoms with Crippen molar-refractivity contribution in [2.45, 2.75) is 36.2 Å². The van der Waals surface area contributed by atoms with Crippen LogP contribution < -0.4 is 0 Å². The van der Waals surface area contributed by atoms with Gasteiger partial charge in [0.25, 0.3) is 0 Å². The van der Waals surface area contributed by atoms with Crippen LogP contribution in [0.1, 0.15) is 19.8 Å². The number of benzene rings is 1. The first-order valence-corrected chi connectivity index (χ1v) is 6.89. The number of thioether (sulfide) groups is 1. The van der Waals surface area contributed by atoms with Crippen LogP contribution >= 0.6 is 11.8 Å². The normalized spacial score (nSPS) is 12.7. The molecule has 4 heteroatoms. The number of ether oxygens (including phenoxy) is 2. The molecule has 0 saturated heterocycles. The molecule has 0 N–H and O–H groups in total. The molecule has 1 unspecified atom stereocenters. The number of Topliss-reactive ketones (excluding diaryl/α,β-unsaturated/α-hetero) is 1. The largest absolute Gasteiger partial charge is 0.356 e. The maximum atomic E-state index is 12.0. The summed E-state index contributed by atoms with van der Waals surface area (Å²) in [7, 11) is 3.18. The number of methoxy groups -OCH3 is 2. The van der Waals surface area contributed by atoms with Crippen molar-refractivity contribution >= 4 is 17.5 Å². The molecule has 1 atom stereocenters. The first kappa shape index (κ1) is 15.2. The molecule has 0 saturated carbocycles. The Kier molecular flexibility index (Phi) is 7.01. The average molecular weight is 268 g/mol. The van der Waals surface area contributed by atoms with Crippen LogP contribution in [0.5, 0.6) is 0 Å². The maximum Gasteiger partial charge on any atom is 0.158 e. The number of rotatable bonds is 8. The van der Waals surface area contributed by atoms with Crippen molar-refractivity contribution in [1.29, 1.82) is 0 Å². The highest BCUT2D eigenvalue weighted by Gasteiger charge is 2.22. The summed E-state index contributed by atoms with van der Waals surface area (Å²) >= 11 is 1.57. The Morgan fingerprint density at radius 3 is 2.33 bits per heavy atom. The molecule has 0 amide bonds. The minimum atomic E-state index is -0.332. The van der Waals surface area contributed by atoms with E-state index in [9.17, 15) is 4.79 Å². The molecule has 18 heavy (non-hydrogen) atoms. The van der Waals surface area contributed by atoms with E-state index in [1.807, 2.05) is 37.3 Å². The van der Waals surface area contributed by atoms with E-state index < -0.39 is 0 Å². The van der Waals surface area contributed by atoms with E-state index in [0.29, 0.717) is 12.8 Å². The smallest absolute Gasteiger partial charge is 0.158 e. The van der Waals surface area contributed by atoms with Crippen molar-refractivity contribution in [3.63, 3.8) is 0 Å². The van der Waals surface area contributed by atoms with E-state index >= 15 is 0 Å². The molecule has 1 aromatic rings. The zero-order valence-electron chi connectivity index (χ0n) is 11.1. The number of ketones is 1. The molecule has 0 aliphatic rings. The Balaban J connectivity index is 2.69. The van der Waals surface area contributed by atoms with E-state index in [2.05, 4.69) is 0 Å². The summed E-state index contributed by atoms with van der Waals surface area (Å²) in [6, 6.07) is 9.93. The highest BCUT2D eigenvalue weighted by atomic mass is 32.2. The molecule has 1 aromatic carbocycles. The fraction of sp³-hybridized carbons (Fsp3) is 0.500. The molecular formula is C14H20O3S. The fourth-order valence-electron chi connectivity index (χ4n) is 1.60. The van der Waals surface area contributed by atoms with Crippen LogP contribution in [0.2, 0.25) is 0 Å². The predicted octanol–water partition coefficient (Wildman–Crippen LogP) is 3.14. The minimum absolute atomic E-state index is 0.123. The lowest BCUT2D eigenvalue weighted by molar-refractivity contribution is -0.125. The standard InChI is InChI=1S/C14H20O3S/c1-4-12(15)13(10-14(16-2)17-3)18-11-8-6-5-7-9-11/h5-9,13-14H,4,10H2,1-3H3. The third-order valence-corrected chi connectivity index (χ3v) is 3.95. The van der Waals surface area contributed by atoms with Crippen molar-refractivity contribution in [1.82, 2.24) is 0 Å². The number of carbonyl (C=O) groups is 1. The number of carbonyl (C=O) groups excluding carboxylic acids is 1. The van der Waals surface area contributed by atoms with E-state index in [0.717, 1.165) is 4.90 Å². The lowest BCUT2D eigenvalue weighted by Crippen LogP contribution is -2.25. The quantitative estimate of drug-likeness (QED) is 0.536. The molecule has 0 fully saturated rings. The first-order valence-electron chi connectivity index (χ1n) is 6.01. The molecule has 0 spiro atoms. The topological polar surface area (TPSA) is 35.5 Å². The van der Waals surface area contributed by atoms with Gasteiger partial charge in [0.1, 0.15) is 5.78 Å². The van der Waals surface area contributed by atoms with Crippen molar-refractivity contribution in [3.05, 3.63) is 30.3 Å². The third-order valence-electron chi connectivity index (χ3n) is 2.66. The summed E-state index contributed by atoms with van der Waals surface area (Å²) in [5.41, 5.74) is 0. The molecule has 3 nitrogen and oxygen atoms in total. The molecule has 0 aliphatic carbocycles. The number of hydrogen-bond acceptors (Lipinski definition) is 4. The summed E-state index contributed by atoms with van der Waals surface area (Å²) < 4.78 is 10.3. The molecule has 1 rings (SSSR count). The van der Waals surface area contributed by atoms with Crippen LogP contribution in [0.4, 0.5) is 0 Å². The monoisotopic (exact) mass is 268 g/mol. The van der Waals surface area contributed by atoms with Gasteiger partial charge < -0.3 is 9.47 Å². The van der Waals surface area contributed by atoms with Gasteiger partial charge in [0.2, 0.25) is 0 Å². The number of hydrogen-bond donors (Lipinski definition) is 0. The second kappa shape index (κ2) is 8.29. The van der Waals surface area contributed by atoms with Gasteiger partial charge in [-0.15, -0.1) is 11.8 Å². The van der Waals surface area contributed by atoms with Gasteiger partial charge >= 0.3 is 0 Å². The summed E-state index contributed by atoms with van der Waals surface area (Å²) in [4.78, 5) is 13.0. The van der Waals surface area contributed by atoms with Gasteiger partial charge in [-0.05, 0) is 12.1 Å².